The van der Waals surface area contributed by atoms with Crippen molar-refractivity contribution >= 4 is 46.7 Å². The summed E-state index contributed by atoms with van der Waals surface area (Å²) in [5.41, 5.74) is 15.8. The normalized spacial score (nSPS) is 15.4. The molecule has 0 saturated carbocycles. The molecule has 0 bridgehead atoms. The van der Waals surface area contributed by atoms with Crippen LogP contribution in [0.5, 0.6) is 0 Å². The Morgan fingerprint density at radius 1 is 1.23 bits per heavy atom. The smallest absolute Gasteiger partial charge is 0.302 e. The molecular formula is C30H31N7O3. The number of oxazole rings is 1. The van der Waals surface area contributed by atoms with Gasteiger partial charge in [0.15, 0.2) is 5.58 Å². The largest absolute Gasteiger partial charge is 0.423 e. The Labute approximate surface area is 231 Å². The lowest BCUT2D eigenvalue weighted by atomic mass is 10.1. The van der Waals surface area contributed by atoms with Crippen molar-refractivity contribution in [1.29, 1.82) is 0 Å². The van der Waals surface area contributed by atoms with E-state index in [1.54, 1.807) is 30.3 Å². The average molecular weight is 538 g/mol. The van der Waals surface area contributed by atoms with E-state index in [0.29, 0.717) is 48.5 Å². The number of carbonyl (C=O) groups is 2. The number of rotatable bonds is 8. The summed E-state index contributed by atoms with van der Waals surface area (Å²) >= 11 is 0. The summed E-state index contributed by atoms with van der Waals surface area (Å²) in [7, 11) is 0. The van der Waals surface area contributed by atoms with Crippen LogP contribution in [0.4, 0.5) is 11.8 Å². The summed E-state index contributed by atoms with van der Waals surface area (Å²) in [4.78, 5) is 36.8. The summed E-state index contributed by atoms with van der Waals surface area (Å²) in [5, 5.41) is 2.76. The van der Waals surface area contributed by atoms with Gasteiger partial charge in [0, 0.05) is 43.8 Å². The molecule has 2 aromatic carbocycles. The monoisotopic (exact) mass is 537 g/mol. The fourth-order valence-corrected chi connectivity index (χ4v) is 4.93. The van der Waals surface area contributed by atoms with Crippen LogP contribution < -0.4 is 16.8 Å². The van der Waals surface area contributed by atoms with Gasteiger partial charge in [0.05, 0.1) is 17.2 Å². The molecule has 1 aliphatic heterocycles. The molecule has 1 saturated heterocycles. The molecule has 1 atom stereocenters. The Hall–Kier alpha value is -4.96. The fraction of sp³-hybridized carbons (Fsp3) is 0.200. The lowest BCUT2D eigenvalue weighted by Gasteiger charge is -2.17. The average Bonchev–Trinajstić information content (AvgIpc) is 3.68. The van der Waals surface area contributed by atoms with Crippen molar-refractivity contribution in [2.75, 3.05) is 25.0 Å². The van der Waals surface area contributed by atoms with Gasteiger partial charge in [-0.25, -0.2) is 4.99 Å². The number of likely N-dealkylation sites (tertiary alicyclic amines) is 1. The molecule has 1 fully saturated rings. The summed E-state index contributed by atoms with van der Waals surface area (Å²) in [6.45, 7) is 7.00. The van der Waals surface area contributed by atoms with E-state index in [2.05, 4.69) is 21.9 Å². The number of amides is 2. The zero-order valence-corrected chi connectivity index (χ0v) is 22.2. The number of nitrogens with two attached hydrogens (primary N) is 2. The molecule has 5 rings (SSSR count). The van der Waals surface area contributed by atoms with Crippen LogP contribution in [0, 0.1) is 0 Å². The van der Waals surface area contributed by atoms with Gasteiger partial charge >= 0.3 is 6.01 Å². The van der Waals surface area contributed by atoms with Crippen LogP contribution in [-0.4, -0.2) is 52.1 Å². The highest BCUT2D eigenvalue weighted by atomic mass is 16.4. The molecule has 10 heteroatoms. The first-order valence-corrected chi connectivity index (χ1v) is 13.0. The van der Waals surface area contributed by atoms with Crippen molar-refractivity contribution in [1.82, 2.24) is 14.5 Å². The third-order valence-electron chi connectivity index (χ3n) is 6.80. The van der Waals surface area contributed by atoms with Gasteiger partial charge < -0.3 is 25.4 Å². The molecule has 2 aromatic heterocycles. The number of aromatic nitrogens is 2. The van der Waals surface area contributed by atoms with Crippen LogP contribution in [-0.2, 0) is 4.79 Å². The van der Waals surface area contributed by atoms with E-state index in [0.717, 1.165) is 11.1 Å². The zero-order valence-electron chi connectivity index (χ0n) is 22.2. The Bertz CT molecular complexity index is 1630. The fourth-order valence-electron chi connectivity index (χ4n) is 4.93. The van der Waals surface area contributed by atoms with Crippen LogP contribution in [0.15, 0.2) is 82.9 Å². The molecule has 40 heavy (non-hydrogen) atoms. The van der Waals surface area contributed by atoms with Crippen molar-refractivity contribution in [2.24, 2.45) is 16.5 Å². The van der Waals surface area contributed by atoms with Gasteiger partial charge in [-0.05, 0) is 36.6 Å². The molecule has 0 radical (unpaired) electrons. The summed E-state index contributed by atoms with van der Waals surface area (Å²) in [5.74, 6) is -0.0602. The summed E-state index contributed by atoms with van der Waals surface area (Å²) in [6, 6.07) is 15.6. The Morgan fingerprint density at radius 2 is 2.02 bits per heavy atom. The van der Waals surface area contributed by atoms with E-state index in [-0.39, 0.29) is 29.2 Å². The topological polar surface area (TPSA) is 145 Å². The van der Waals surface area contributed by atoms with Gasteiger partial charge in [-0.15, -0.1) is 0 Å². The second-order valence-corrected chi connectivity index (χ2v) is 9.45. The maximum atomic E-state index is 13.5. The number of nitrogens with one attached hydrogen (secondary N) is 1. The van der Waals surface area contributed by atoms with Gasteiger partial charge in [-0.3, -0.25) is 14.9 Å². The van der Waals surface area contributed by atoms with E-state index in [1.165, 1.54) is 6.08 Å². The van der Waals surface area contributed by atoms with Gasteiger partial charge in [-0.2, -0.15) is 4.98 Å². The molecule has 10 nitrogen and oxygen atoms in total. The van der Waals surface area contributed by atoms with Crippen molar-refractivity contribution in [3.63, 3.8) is 0 Å². The minimum Gasteiger partial charge on any atom is -0.423 e. The number of hydrogen-bond donors (Lipinski definition) is 3. The van der Waals surface area contributed by atoms with Crippen LogP contribution in [0.2, 0.25) is 0 Å². The first-order valence-electron chi connectivity index (χ1n) is 13.0. The molecule has 0 aliphatic carbocycles. The van der Waals surface area contributed by atoms with Crippen molar-refractivity contribution in [2.45, 2.75) is 19.4 Å². The van der Waals surface area contributed by atoms with E-state index in [9.17, 15) is 9.59 Å². The van der Waals surface area contributed by atoms with Crippen LogP contribution in [0.1, 0.15) is 35.3 Å². The predicted octanol–water partition coefficient (Wildman–Crippen LogP) is 4.49. The zero-order chi connectivity index (χ0) is 28.2. The highest BCUT2D eigenvalue weighted by molar-refractivity contribution is 6.08. The van der Waals surface area contributed by atoms with Gasteiger partial charge in [-0.1, -0.05) is 49.1 Å². The minimum atomic E-state index is -0.459. The number of anilines is 1. The minimum absolute atomic E-state index is 0.0661. The highest BCUT2D eigenvalue weighted by Crippen LogP contribution is 2.36. The highest BCUT2D eigenvalue weighted by Gasteiger charge is 2.31. The molecular weight excluding hydrogens is 506 g/mol. The van der Waals surface area contributed by atoms with Crippen molar-refractivity contribution in [3.05, 3.63) is 84.6 Å². The quantitative estimate of drug-likeness (QED) is 0.223. The van der Waals surface area contributed by atoms with E-state index in [4.69, 9.17) is 15.9 Å². The maximum Gasteiger partial charge on any atom is 0.302 e. The number of fused-ring (bicyclic) bond motifs is 1. The second-order valence-electron chi connectivity index (χ2n) is 9.45. The number of hydrogen-bond acceptors (Lipinski definition) is 7. The first kappa shape index (κ1) is 26.6. The third-order valence-corrected chi connectivity index (χ3v) is 6.80. The van der Waals surface area contributed by atoms with Gasteiger partial charge in [0.25, 0.3) is 5.91 Å². The number of benzene rings is 2. The van der Waals surface area contributed by atoms with Gasteiger partial charge in [0.2, 0.25) is 5.91 Å². The van der Waals surface area contributed by atoms with Crippen LogP contribution in [0.3, 0.4) is 0 Å². The standard InChI is InChI=1S/C30H31N7O3/c1-3-33-28-27(19(2)32)23(18-37(28)22-13-15-36(17-22)26(38)10-7-14-31)29(39)35-30-34-24-16-21(11-12-25(24)40-30)20-8-5-4-6-9-20/h3-12,16,18,22H,2,13-15,17,31-32H2,1H3,(H,34,35,39)/b10-7+,33-3-/t22-/m1/s1. The van der Waals surface area contributed by atoms with Crippen LogP contribution in [0.25, 0.3) is 27.9 Å². The first-order chi connectivity index (χ1) is 19.4. The molecule has 4 aromatic rings. The van der Waals surface area contributed by atoms with Gasteiger partial charge in [0.1, 0.15) is 11.3 Å². The molecule has 5 N–H and O–H groups in total. The SMILES string of the molecule is C=C(N)c1c(C(=O)Nc2nc3cc(-c4ccccc4)ccc3o2)cn([C@@H]2CCN(C(=O)/C=C/CN)C2)c1/N=C\C. The van der Waals surface area contributed by atoms with Crippen molar-refractivity contribution < 1.29 is 14.0 Å². The number of nitrogens with zero attached hydrogens (tertiary/aromatic N) is 4. The Kier molecular flexibility index (Phi) is 7.61. The summed E-state index contributed by atoms with van der Waals surface area (Å²) < 4.78 is 7.71. The molecule has 3 heterocycles. The lowest BCUT2D eigenvalue weighted by Crippen LogP contribution is -2.27. The molecule has 0 unspecified atom stereocenters. The van der Waals surface area contributed by atoms with Crippen LogP contribution >= 0.6 is 0 Å². The predicted molar refractivity (Wildman–Crippen MR) is 157 cm³/mol. The maximum absolute atomic E-state index is 13.5. The third kappa shape index (κ3) is 5.29. The number of carbonyl (C=O) groups excluding carboxylic acids is 2. The van der Waals surface area contributed by atoms with E-state index in [1.807, 2.05) is 53.1 Å². The van der Waals surface area contributed by atoms with Crippen molar-refractivity contribution in [3.8, 4) is 11.1 Å². The van der Waals surface area contributed by atoms with E-state index >= 15 is 0 Å². The molecule has 2 amide bonds. The number of aliphatic imine (C=N–C) groups is 1. The van der Waals surface area contributed by atoms with E-state index < -0.39 is 5.91 Å². The second kappa shape index (κ2) is 11.4. The summed E-state index contributed by atoms with van der Waals surface area (Å²) in [6.07, 6.45) is 7.14. The molecule has 1 aliphatic rings. The molecule has 204 valence electrons. The lowest BCUT2D eigenvalue weighted by molar-refractivity contribution is -0.125. The Morgan fingerprint density at radius 3 is 2.75 bits per heavy atom. The Balaban J connectivity index is 1.43. The molecule has 0 spiro atoms.